The molecule has 0 N–H and O–H groups in total. The average molecular weight is 733 g/mol. The summed E-state index contributed by atoms with van der Waals surface area (Å²) in [7, 11) is 16.7. The maximum atomic E-state index is 2.28. The van der Waals surface area contributed by atoms with Gasteiger partial charge in [0.2, 0.25) is 0 Å². The van der Waals surface area contributed by atoms with Gasteiger partial charge in [-0.3, -0.25) is 0 Å². The molecule has 0 aromatic heterocycles. The van der Waals surface area contributed by atoms with Gasteiger partial charge in [-0.25, -0.2) is 9.15 Å². The van der Waals surface area contributed by atoms with Gasteiger partial charge in [-0.2, -0.15) is 0 Å². The third-order valence-corrected chi connectivity index (χ3v) is 10.6. The Balaban J connectivity index is 1.45. The zero-order chi connectivity index (χ0) is 39.3. The molecule has 4 nitrogen and oxygen atoms in total. The van der Waals surface area contributed by atoms with Crippen LogP contribution in [-0.4, -0.2) is 77.0 Å². The van der Waals surface area contributed by atoms with Crippen LogP contribution in [0.25, 0.3) is 33.4 Å². The summed E-state index contributed by atoms with van der Waals surface area (Å²) in [5, 5.41) is 0. The molecule has 5 aromatic rings. The minimum atomic E-state index is 1.17. The largest absolute Gasteiger partial charge is 0.378 e. The van der Waals surface area contributed by atoms with Crippen molar-refractivity contribution in [1.29, 1.82) is 0 Å². The highest BCUT2D eigenvalue weighted by molar-refractivity contribution is 6.06. The minimum Gasteiger partial charge on any atom is -0.378 e. The van der Waals surface area contributed by atoms with Crippen LogP contribution in [-0.2, 0) is 0 Å². The summed E-state index contributed by atoms with van der Waals surface area (Å²) in [5.74, 6) is 0. The second kappa shape index (κ2) is 16.5. The first-order chi connectivity index (χ1) is 27.1. The van der Waals surface area contributed by atoms with Crippen LogP contribution >= 0.6 is 0 Å². The molecule has 0 atom stereocenters. The predicted octanol–water partition coefficient (Wildman–Crippen LogP) is 10.4. The van der Waals surface area contributed by atoms with E-state index in [1.807, 2.05) is 0 Å². The Labute approximate surface area is 333 Å². The van der Waals surface area contributed by atoms with Crippen molar-refractivity contribution in [2.75, 3.05) is 66.2 Å². The van der Waals surface area contributed by atoms with Gasteiger partial charge in [-0.05, 0) is 115 Å². The Hall–Kier alpha value is -6.52. The zero-order valence-electron chi connectivity index (χ0n) is 34.0. The molecule has 0 heterocycles. The van der Waals surface area contributed by atoms with Crippen molar-refractivity contribution in [3.8, 4) is 22.3 Å². The van der Waals surface area contributed by atoms with Crippen LogP contribution in [0.5, 0.6) is 0 Å². The standard InChI is InChI=1S/C52H52N4/c1-53(2)41-29-21-37(22-30-41)51(38-23-31-42(32-24-38)54(3)4)49-19-13-11-17-47(49)45-15-9-10-16-46(45)48-18-12-14-20-50(48)52(39-25-33-43(34-26-39)55(5)6)40-27-35-44(36-28-40)56(7)8/h9-36H,1-8H3/q+2. The van der Waals surface area contributed by atoms with Gasteiger partial charge >= 0.3 is 0 Å². The van der Waals surface area contributed by atoms with Crippen LogP contribution in [0.15, 0.2) is 181 Å². The molecule has 0 unspecified atom stereocenters. The van der Waals surface area contributed by atoms with E-state index in [9.17, 15) is 0 Å². The first-order valence-corrected chi connectivity index (χ1v) is 19.2. The molecule has 278 valence electrons. The summed E-state index contributed by atoms with van der Waals surface area (Å²) < 4.78 is 4.30. The fraction of sp³-hybridized carbons (Fsp3) is 0.154. The molecule has 7 rings (SSSR count). The highest BCUT2D eigenvalue weighted by Gasteiger charge is 2.22. The molecule has 0 bridgehead atoms. The molecule has 56 heavy (non-hydrogen) atoms. The number of rotatable bonds is 8. The number of benzene rings is 5. The molecule has 2 aliphatic carbocycles. The third kappa shape index (κ3) is 7.83. The molecule has 0 saturated heterocycles. The summed E-state index contributed by atoms with van der Waals surface area (Å²) in [4.78, 5) is 4.30. The van der Waals surface area contributed by atoms with Crippen molar-refractivity contribution >= 4 is 33.9 Å². The highest BCUT2D eigenvalue weighted by atomic mass is 15.1. The number of hydrogen-bond acceptors (Lipinski definition) is 2. The van der Waals surface area contributed by atoms with Gasteiger partial charge in [0.15, 0.2) is 11.4 Å². The molecule has 2 aliphatic rings. The lowest BCUT2D eigenvalue weighted by Crippen LogP contribution is -2.10. The van der Waals surface area contributed by atoms with Gasteiger partial charge in [-0.1, -0.05) is 97.1 Å². The van der Waals surface area contributed by atoms with Crippen LogP contribution in [0, 0.1) is 0 Å². The second-order valence-corrected chi connectivity index (χ2v) is 15.2. The summed E-state index contributed by atoms with van der Waals surface area (Å²) >= 11 is 0. The van der Waals surface area contributed by atoms with Crippen molar-refractivity contribution in [2.24, 2.45) is 0 Å². The lowest BCUT2D eigenvalue weighted by molar-refractivity contribution is -0.462. The normalized spacial score (nSPS) is 13.3. The van der Waals surface area contributed by atoms with Crippen LogP contribution in [0.2, 0.25) is 0 Å². The number of nitrogens with zero attached hydrogens (tertiary/aromatic N) is 4. The first-order valence-electron chi connectivity index (χ1n) is 19.2. The predicted molar refractivity (Wildman–Crippen MR) is 242 cm³/mol. The van der Waals surface area contributed by atoms with Crippen molar-refractivity contribution < 1.29 is 9.15 Å². The van der Waals surface area contributed by atoms with Crippen molar-refractivity contribution in [2.45, 2.75) is 0 Å². The Bertz CT molecular complexity index is 2310. The smallest absolute Gasteiger partial charge is 0.199 e. The van der Waals surface area contributed by atoms with Crippen molar-refractivity contribution in [3.05, 3.63) is 203 Å². The Morgan fingerprint density at radius 3 is 0.964 bits per heavy atom. The number of hydrogen-bond donors (Lipinski definition) is 0. The van der Waals surface area contributed by atoms with E-state index in [0.717, 1.165) is 0 Å². The van der Waals surface area contributed by atoms with E-state index in [1.165, 1.54) is 89.6 Å². The van der Waals surface area contributed by atoms with E-state index < -0.39 is 0 Å². The third-order valence-electron chi connectivity index (χ3n) is 10.6. The Kier molecular flexibility index (Phi) is 11.1. The summed E-state index contributed by atoms with van der Waals surface area (Å²) in [6.45, 7) is 0. The topological polar surface area (TPSA) is 12.5 Å². The average Bonchev–Trinajstić information content (AvgIpc) is 3.22. The monoisotopic (exact) mass is 732 g/mol. The minimum absolute atomic E-state index is 1.17. The van der Waals surface area contributed by atoms with E-state index in [1.54, 1.807) is 0 Å². The molecule has 0 aliphatic heterocycles. The first kappa shape index (κ1) is 37.8. The number of anilines is 2. The summed E-state index contributed by atoms with van der Waals surface area (Å²) in [6.07, 6.45) is 17.9. The van der Waals surface area contributed by atoms with Crippen LogP contribution in [0.3, 0.4) is 0 Å². The lowest BCUT2D eigenvalue weighted by atomic mass is 9.82. The van der Waals surface area contributed by atoms with E-state index in [0.29, 0.717) is 0 Å². The van der Waals surface area contributed by atoms with E-state index in [4.69, 9.17) is 0 Å². The van der Waals surface area contributed by atoms with Crippen LogP contribution in [0.4, 0.5) is 11.4 Å². The van der Waals surface area contributed by atoms with Crippen LogP contribution in [0.1, 0.15) is 22.3 Å². The van der Waals surface area contributed by atoms with Crippen molar-refractivity contribution in [3.63, 3.8) is 0 Å². The molecule has 0 saturated carbocycles. The summed E-state index contributed by atoms with van der Waals surface area (Å²) in [6, 6.07) is 44.6. The maximum absolute atomic E-state index is 2.28. The van der Waals surface area contributed by atoms with Gasteiger partial charge in [-0.15, -0.1) is 0 Å². The van der Waals surface area contributed by atoms with Gasteiger partial charge in [0.05, 0.1) is 0 Å². The molecule has 0 spiro atoms. The van der Waals surface area contributed by atoms with E-state index in [-0.39, 0.29) is 0 Å². The van der Waals surface area contributed by atoms with Gasteiger partial charge in [0.25, 0.3) is 0 Å². The van der Waals surface area contributed by atoms with Crippen LogP contribution < -0.4 is 9.80 Å². The Morgan fingerprint density at radius 1 is 0.357 bits per heavy atom. The van der Waals surface area contributed by atoms with E-state index >= 15 is 0 Å². The fourth-order valence-electron chi connectivity index (χ4n) is 7.49. The van der Waals surface area contributed by atoms with Gasteiger partial charge in [0.1, 0.15) is 28.2 Å². The lowest BCUT2D eigenvalue weighted by Gasteiger charge is -2.22. The molecule has 0 radical (unpaired) electrons. The molecule has 5 aromatic carbocycles. The zero-order valence-corrected chi connectivity index (χ0v) is 34.0. The maximum Gasteiger partial charge on any atom is 0.199 e. The second-order valence-electron chi connectivity index (χ2n) is 15.2. The SMILES string of the molecule is CN(C)c1ccc(C(=C2C=CC(=[N+](C)C)C=C2)c2ccccc2-c2ccccc2-c2ccccc2C(=C2C=CC(=[N+](C)C)C=C2)c2ccc(N(C)C)cc2)cc1. The van der Waals surface area contributed by atoms with Crippen molar-refractivity contribution in [1.82, 2.24) is 0 Å². The summed E-state index contributed by atoms with van der Waals surface area (Å²) in [5.41, 5.74) is 18.9. The molecule has 4 heteroatoms. The molecule has 0 fully saturated rings. The van der Waals surface area contributed by atoms with Gasteiger partial charge in [0, 0.05) is 63.9 Å². The van der Waals surface area contributed by atoms with E-state index in [2.05, 4.69) is 245 Å². The molecular formula is C52H52N4+2. The Morgan fingerprint density at radius 2 is 0.661 bits per heavy atom. The fourth-order valence-corrected chi connectivity index (χ4v) is 7.49. The van der Waals surface area contributed by atoms with Gasteiger partial charge < -0.3 is 9.80 Å². The molecular weight excluding hydrogens is 681 g/mol. The molecule has 0 amide bonds. The highest BCUT2D eigenvalue weighted by Crippen LogP contribution is 2.43. The number of allylic oxidation sites excluding steroid dienone is 10. The quantitative estimate of drug-likeness (QED) is 0.147.